The minimum Gasteiger partial charge on any atom is -0.282 e. The lowest BCUT2D eigenvalue weighted by molar-refractivity contribution is -0.425. The van der Waals surface area contributed by atoms with E-state index in [9.17, 15) is 48.3 Å². The molecule has 1 heterocycles. The Kier molecular flexibility index (Phi) is 4.32. The molecule has 0 fully saturated rings. The zero-order valence-corrected chi connectivity index (χ0v) is 11.9. The van der Waals surface area contributed by atoms with Gasteiger partial charge >= 0.3 is 29.9 Å². The Labute approximate surface area is 132 Å². The van der Waals surface area contributed by atoms with Gasteiger partial charge in [-0.2, -0.15) is 53.4 Å². The molecular weight excluding hydrogens is 381 g/mol. The van der Waals surface area contributed by atoms with Crippen LogP contribution in [0.3, 0.4) is 0 Å². The number of H-pyrrole nitrogens is 1. The molecule has 1 N–H and O–H groups in total. The van der Waals surface area contributed by atoms with Crippen molar-refractivity contribution in [3.05, 3.63) is 17.0 Å². The van der Waals surface area contributed by atoms with Crippen LogP contribution in [-0.4, -0.2) is 34.1 Å². The largest absolute Gasteiger partial charge is 0.460 e. The SMILES string of the molecule is FC(F)(F)C(F)(F)C(F)(F)C(F)(F)C(F)(F)c1n[nH]c2c1CCCC2. The van der Waals surface area contributed by atoms with E-state index in [-0.39, 0.29) is 25.0 Å². The maximum atomic E-state index is 14.0. The number of aryl methyl sites for hydroxylation is 1. The molecule has 0 spiro atoms. The van der Waals surface area contributed by atoms with E-state index >= 15 is 0 Å². The van der Waals surface area contributed by atoms with Crippen molar-refractivity contribution < 1.29 is 48.3 Å². The first-order chi connectivity index (χ1) is 11.1. The van der Waals surface area contributed by atoms with Crippen LogP contribution in [0.4, 0.5) is 48.3 Å². The molecule has 1 aromatic heterocycles. The van der Waals surface area contributed by atoms with E-state index in [2.05, 4.69) is 5.10 Å². The summed E-state index contributed by atoms with van der Waals surface area (Å²) in [7, 11) is 0. The van der Waals surface area contributed by atoms with E-state index in [1.54, 1.807) is 0 Å². The molecule has 0 radical (unpaired) electrons. The lowest BCUT2D eigenvalue weighted by Crippen LogP contribution is -2.65. The minimum atomic E-state index is -7.41. The molecule has 0 aliphatic heterocycles. The highest BCUT2D eigenvalue weighted by Gasteiger charge is 2.87. The normalized spacial score (nSPS) is 17.6. The zero-order valence-electron chi connectivity index (χ0n) is 11.9. The Hall–Kier alpha value is -1.56. The summed E-state index contributed by atoms with van der Waals surface area (Å²) in [6.45, 7) is 0. The third-order valence-corrected chi connectivity index (χ3v) is 3.89. The van der Waals surface area contributed by atoms with Crippen LogP contribution >= 0.6 is 0 Å². The average Bonchev–Trinajstić information content (AvgIpc) is 2.89. The number of alkyl halides is 11. The topological polar surface area (TPSA) is 28.7 Å². The second kappa shape index (κ2) is 5.47. The highest BCUT2D eigenvalue weighted by Crippen LogP contribution is 2.60. The van der Waals surface area contributed by atoms with Crippen molar-refractivity contribution in [1.82, 2.24) is 10.2 Å². The molecule has 25 heavy (non-hydrogen) atoms. The van der Waals surface area contributed by atoms with Gasteiger partial charge in [0.05, 0.1) is 0 Å². The molecule has 0 amide bonds. The maximum Gasteiger partial charge on any atom is 0.460 e. The summed E-state index contributed by atoms with van der Waals surface area (Å²) >= 11 is 0. The molecule has 2 nitrogen and oxygen atoms in total. The van der Waals surface area contributed by atoms with Gasteiger partial charge in [0.2, 0.25) is 0 Å². The van der Waals surface area contributed by atoms with Crippen LogP contribution < -0.4 is 0 Å². The fraction of sp³-hybridized carbons (Fsp3) is 0.750. The van der Waals surface area contributed by atoms with Crippen LogP contribution in [0.5, 0.6) is 0 Å². The number of halogens is 11. The van der Waals surface area contributed by atoms with Crippen molar-refractivity contribution in [3.63, 3.8) is 0 Å². The van der Waals surface area contributed by atoms with Crippen LogP contribution in [0.2, 0.25) is 0 Å². The van der Waals surface area contributed by atoms with Crippen molar-refractivity contribution in [1.29, 1.82) is 0 Å². The van der Waals surface area contributed by atoms with Gasteiger partial charge in [0.15, 0.2) is 0 Å². The lowest BCUT2D eigenvalue weighted by atomic mass is 9.89. The standard InChI is InChI=1S/C12H9F11N2/c13-8(14,7-5-3-1-2-4-6(5)24-25-7)9(15,16)10(17,18)11(19,20)12(21,22)23/h1-4H2,(H,24,25). The van der Waals surface area contributed by atoms with Gasteiger partial charge in [0.1, 0.15) is 5.69 Å². The molecule has 0 bridgehead atoms. The fourth-order valence-corrected chi connectivity index (χ4v) is 2.46. The number of hydrogen-bond acceptors (Lipinski definition) is 1. The minimum absolute atomic E-state index is 0.0685. The van der Waals surface area contributed by atoms with Gasteiger partial charge in [0.25, 0.3) is 0 Å². The Morgan fingerprint density at radius 3 is 1.72 bits per heavy atom. The van der Waals surface area contributed by atoms with Gasteiger partial charge in [-0.1, -0.05) is 0 Å². The molecule has 144 valence electrons. The van der Waals surface area contributed by atoms with Gasteiger partial charge in [-0.15, -0.1) is 0 Å². The third-order valence-electron chi connectivity index (χ3n) is 3.89. The van der Waals surface area contributed by atoms with Crippen LogP contribution in [0, 0.1) is 0 Å². The first-order valence-electron chi connectivity index (χ1n) is 6.73. The van der Waals surface area contributed by atoms with Crippen molar-refractivity contribution in [3.8, 4) is 0 Å². The number of nitrogens with one attached hydrogen (secondary N) is 1. The summed E-state index contributed by atoms with van der Waals surface area (Å²) in [5.74, 6) is -27.9. The Morgan fingerprint density at radius 2 is 1.20 bits per heavy atom. The monoisotopic (exact) mass is 390 g/mol. The summed E-state index contributed by atoms with van der Waals surface area (Å²) in [5, 5.41) is 4.69. The van der Waals surface area contributed by atoms with E-state index in [1.807, 2.05) is 5.10 Å². The summed E-state index contributed by atoms with van der Waals surface area (Å²) < 4.78 is 143. The molecular formula is C12H9F11N2. The molecule has 13 heteroatoms. The zero-order chi connectivity index (χ0) is 19.5. The molecule has 0 atom stereocenters. The Morgan fingerprint density at radius 1 is 0.680 bits per heavy atom. The summed E-state index contributed by atoms with van der Waals surface area (Å²) in [5.41, 5.74) is -2.62. The molecule has 0 aromatic carbocycles. The fourth-order valence-electron chi connectivity index (χ4n) is 2.46. The van der Waals surface area contributed by atoms with Crippen molar-refractivity contribution in [2.24, 2.45) is 0 Å². The Bertz CT molecular complexity index is 644. The smallest absolute Gasteiger partial charge is 0.282 e. The molecule has 1 aliphatic rings. The van der Waals surface area contributed by atoms with Gasteiger partial charge < -0.3 is 0 Å². The predicted octanol–water partition coefficient (Wildman–Crippen LogP) is 4.85. The van der Waals surface area contributed by atoms with E-state index in [0.29, 0.717) is 6.42 Å². The van der Waals surface area contributed by atoms with Gasteiger partial charge in [0, 0.05) is 11.3 Å². The molecule has 0 unspecified atom stereocenters. The number of aromatic amines is 1. The van der Waals surface area contributed by atoms with E-state index in [0.717, 1.165) is 0 Å². The molecule has 1 aliphatic carbocycles. The second-order valence-electron chi connectivity index (χ2n) is 5.53. The Balaban J connectivity index is 2.55. The highest BCUT2D eigenvalue weighted by molar-refractivity contribution is 5.33. The van der Waals surface area contributed by atoms with Crippen LogP contribution in [0.25, 0.3) is 0 Å². The summed E-state index contributed by atoms with van der Waals surface area (Å²) in [6, 6.07) is 0. The first kappa shape index (κ1) is 19.8. The summed E-state index contributed by atoms with van der Waals surface area (Å²) in [6.07, 6.45) is -6.73. The average molecular weight is 390 g/mol. The maximum absolute atomic E-state index is 14.0. The van der Waals surface area contributed by atoms with Crippen molar-refractivity contribution in [2.75, 3.05) is 0 Å². The number of hydrogen-bond donors (Lipinski definition) is 1. The summed E-state index contributed by atoms with van der Waals surface area (Å²) in [4.78, 5) is 0. The van der Waals surface area contributed by atoms with Crippen LogP contribution in [-0.2, 0) is 18.8 Å². The quantitative estimate of drug-likeness (QED) is 0.732. The van der Waals surface area contributed by atoms with Gasteiger partial charge in [-0.3, -0.25) is 5.10 Å². The van der Waals surface area contributed by atoms with Gasteiger partial charge in [-0.05, 0) is 25.7 Å². The van der Waals surface area contributed by atoms with E-state index < -0.39 is 41.1 Å². The van der Waals surface area contributed by atoms with Crippen LogP contribution in [0.15, 0.2) is 0 Å². The van der Waals surface area contributed by atoms with Crippen molar-refractivity contribution in [2.45, 2.75) is 55.5 Å². The highest BCUT2D eigenvalue weighted by atomic mass is 19.4. The lowest BCUT2D eigenvalue weighted by Gasteiger charge is -2.37. The predicted molar refractivity (Wildman–Crippen MR) is 60.0 cm³/mol. The number of nitrogens with zero attached hydrogens (tertiary/aromatic N) is 1. The molecule has 0 saturated carbocycles. The molecule has 2 rings (SSSR count). The number of rotatable bonds is 4. The third kappa shape index (κ3) is 2.57. The van der Waals surface area contributed by atoms with Gasteiger partial charge in [-0.25, -0.2) is 0 Å². The van der Waals surface area contributed by atoms with E-state index in [4.69, 9.17) is 0 Å². The molecule has 0 saturated heterocycles. The number of fused-ring (bicyclic) bond motifs is 1. The van der Waals surface area contributed by atoms with Crippen LogP contribution in [0.1, 0.15) is 29.8 Å². The molecule has 1 aromatic rings. The van der Waals surface area contributed by atoms with E-state index in [1.165, 1.54) is 0 Å². The first-order valence-corrected chi connectivity index (χ1v) is 6.73. The van der Waals surface area contributed by atoms with Crippen molar-refractivity contribution >= 4 is 0 Å². The second-order valence-corrected chi connectivity index (χ2v) is 5.53. The number of aromatic nitrogens is 2.